The Morgan fingerprint density at radius 3 is 2.71 bits per heavy atom. The van der Waals surface area contributed by atoms with Crippen molar-refractivity contribution in [1.82, 2.24) is 0 Å². The third kappa shape index (κ3) is 3.74. The summed E-state index contributed by atoms with van der Waals surface area (Å²) in [4.78, 5) is 12.2. The van der Waals surface area contributed by atoms with Crippen LogP contribution in [0, 0.1) is 0 Å². The molecule has 21 heavy (non-hydrogen) atoms. The minimum absolute atomic E-state index is 0.0345. The van der Waals surface area contributed by atoms with E-state index in [0.29, 0.717) is 21.8 Å². The van der Waals surface area contributed by atoms with Crippen LogP contribution in [0.25, 0.3) is 0 Å². The molecule has 0 heterocycles. The van der Waals surface area contributed by atoms with E-state index in [0.717, 1.165) is 4.47 Å². The Hall–Kier alpha value is -2.05. The molecule has 0 aliphatic rings. The highest BCUT2D eigenvalue weighted by Crippen LogP contribution is 2.22. The number of oxime groups is 1. The Bertz CT molecular complexity index is 719. The maximum atomic E-state index is 12.2. The Balaban J connectivity index is 2.23. The van der Waals surface area contributed by atoms with Crippen LogP contribution in [-0.4, -0.2) is 17.0 Å². The summed E-state index contributed by atoms with van der Waals surface area (Å²) in [5, 5.41) is 14.6. The molecule has 1 amide bonds. The number of hydrogen-bond donors (Lipinski definition) is 3. The van der Waals surface area contributed by atoms with Gasteiger partial charge in [0.2, 0.25) is 0 Å². The first-order chi connectivity index (χ1) is 10.0. The number of anilines is 1. The summed E-state index contributed by atoms with van der Waals surface area (Å²) in [6, 6.07) is 11.6. The smallest absolute Gasteiger partial charge is 0.257 e. The molecule has 0 aromatic heterocycles. The zero-order chi connectivity index (χ0) is 15.4. The molecule has 0 fully saturated rings. The van der Waals surface area contributed by atoms with Gasteiger partial charge in [0.1, 0.15) is 0 Å². The van der Waals surface area contributed by atoms with Crippen LogP contribution in [0.5, 0.6) is 0 Å². The number of benzene rings is 2. The summed E-state index contributed by atoms with van der Waals surface area (Å²) < 4.78 is 0.790. The lowest BCUT2D eigenvalue weighted by Crippen LogP contribution is -2.15. The fourth-order valence-electron chi connectivity index (χ4n) is 1.69. The summed E-state index contributed by atoms with van der Waals surface area (Å²) in [5.74, 6) is -0.378. The molecule has 0 aliphatic heterocycles. The molecule has 0 atom stereocenters. The molecular formula is C14H11BrClN3O2. The molecule has 7 heteroatoms. The van der Waals surface area contributed by atoms with Crippen LogP contribution in [0.15, 0.2) is 52.1 Å². The fourth-order valence-corrected chi connectivity index (χ4v) is 2.45. The summed E-state index contributed by atoms with van der Waals surface area (Å²) in [7, 11) is 0. The Morgan fingerprint density at radius 2 is 2.05 bits per heavy atom. The maximum Gasteiger partial charge on any atom is 0.257 e. The number of halogens is 2. The highest BCUT2D eigenvalue weighted by Gasteiger charge is 2.11. The molecule has 0 saturated carbocycles. The van der Waals surface area contributed by atoms with Crippen LogP contribution in [-0.2, 0) is 0 Å². The van der Waals surface area contributed by atoms with Crippen LogP contribution in [0.2, 0.25) is 5.02 Å². The standard InChI is InChI=1S/C14H11BrClN3O2/c15-9-4-5-11(12(16)7-9)14(20)18-10-3-1-2-8(6-10)13(17)19-21/h1-7,21H,(H2,17,19)(H,18,20). The average Bonchev–Trinajstić information content (AvgIpc) is 2.46. The zero-order valence-corrected chi connectivity index (χ0v) is 13.0. The molecule has 0 spiro atoms. The summed E-state index contributed by atoms with van der Waals surface area (Å²) in [6.07, 6.45) is 0. The van der Waals surface area contributed by atoms with E-state index in [2.05, 4.69) is 26.4 Å². The van der Waals surface area contributed by atoms with Crippen molar-refractivity contribution >= 4 is 45.0 Å². The van der Waals surface area contributed by atoms with Crippen molar-refractivity contribution in [1.29, 1.82) is 0 Å². The molecule has 0 radical (unpaired) electrons. The Labute approximate surface area is 134 Å². The van der Waals surface area contributed by atoms with Gasteiger partial charge < -0.3 is 16.3 Å². The molecule has 0 bridgehead atoms. The number of amides is 1. The second kappa shape index (κ2) is 6.60. The van der Waals surface area contributed by atoms with Crippen molar-refractivity contribution in [3.63, 3.8) is 0 Å². The van der Waals surface area contributed by atoms with Gasteiger partial charge in [-0.05, 0) is 30.3 Å². The van der Waals surface area contributed by atoms with Gasteiger partial charge in [-0.15, -0.1) is 0 Å². The van der Waals surface area contributed by atoms with E-state index in [-0.39, 0.29) is 11.7 Å². The van der Waals surface area contributed by atoms with Gasteiger partial charge >= 0.3 is 0 Å². The van der Waals surface area contributed by atoms with E-state index in [4.69, 9.17) is 22.5 Å². The molecule has 0 unspecified atom stereocenters. The fraction of sp³-hybridized carbons (Fsp3) is 0. The highest BCUT2D eigenvalue weighted by atomic mass is 79.9. The first-order valence-corrected chi connectivity index (χ1v) is 7.02. The molecule has 5 nitrogen and oxygen atoms in total. The van der Waals surface area contributed by atoms with Gasteiger partial charge in [0.25, 0.3) is 5.91 Å². The molecule has 108 valence electrons. The van der Waals surface area contributed by atoms with Crippen molar-refractivity contribution in [2.24, 2.45) is 10.9 Å². The second-order valence-corrected chi connectivity index (χ2v) is 5.47. The minimum Gasteiger partial charge on any atom is -0.409 e. The molecule has 4 N–H and O–H groups in total. The maximum absolute atomic E-state index is 12.2. The number of rotatable bonds is 3. The largest absolute Gasteiger partial charge is 0.409 e. The van der Waals surface area contributed by atoms with Crippen LogP contribution >= 0.6 is 27.5 Å². The van der Waals surface area contributed by atoms with Gasteiger partial charge in [-0.2, -0.15) is 0 Å². The van der Waals surface area contributed by atoms with E-state index in [9.17, 15) is 4.79 Å². The van der Waals surface area contributed by atoms with Crippen molar-refractivity contribution in [3.8, 4) is 0 Å². The number of amidine groups is 1. The molecule has 0 saturated heterocycles. The number of carbonyl (C=O) groups is 1. The van der Waals surface area contributed by atoms with Gasteiger partial charge in [0, 0.05) is 15.7 Å². The van der Waals surface area contributed by atoms with Gasteiger partial charge in [-0.3, -0.25) is 4.79 Å². The van der Waals surface area contributed by atoms with E-state index < -0.39 is 0 Å². The monoisotopic (exact) mass is 367 g/mol. The quantitative estimate of drug-likeness (QED) is 0.335. The van der Waals surface area contributed by atoms with E-state index in [1.54, 1.807) is 42.5 Å². The highest BCUT2D eigenvalue weighted by molar-refractivity contribution is 9.10. The summed E-state index contributed by atoms with van der Waals surface area (Å²) >= 11 is 9.31. The van der Waals surface area contributed by atoms with Gasteiger partial charge in [-0.1, -0.05) is 44.8 Å². The van der Waals surface area contributed by atoms with E-state index in [1.165, 1.54) is 0 Å². The zero-order valence-electron chi connectivity index (χ0n) is 10.7. The third-order valence-corrected chi connectivity index (χ3v) is 3.51. The number of nitrogens with two attached hydrogens (primary N) is 1. The van der Waals surface area contributed by atoms with Crippen LogP contribution in [0.3, 0.4) is 0 Å². The van der Waals surface area contributed by atoms with E-state index in [1.807, 2.05) is 0 Å². The lowest BCUT2D eigenvalue weighted by molar-refractivity contribution is 0.102. The second-order valence-electron chi connectivity index (χ2n) is 4.14. The van der Waals surface area contributed by atoms with Crippen LogP contribution in [0.1, 0.15) is 15.9 Å². The van der Waals surface area contributed by atoms with Gasteiger partial charge in [0.15, 0.2) is 5.84 Å². The predicted octanol–water partition coefficient (Wildman–Crippen LogP) is 3.45. The summed E-state index contributed by atoms with van der Waals surface area (Å²) in [5.41, 5.74) is 6.88. The minimum atomic E-state index is -0.343. The lowest BCUT2D eigenvalue weighted by atomic mass is 10.1. The predicted molar refractivity (Wildman–Crippen MR) is 86.1 cm³/mol. The summed E-state index contributed by atoms with van der Waals surface area (Å²) in [6.45, 7) is 0. The SMILES string of the molecule is N/C(=N/O)c1cccc(NC(=O)c2ccc(Br)cc2Cl)c1. The normalized spacial score (nSPS) is 11.2. The van der Waals surface area contributed by atoms with E-state index >= 15 is 0 Å². The molecule has 2 aromatic carbocycles. The van der Waals surface area contributed by atoms with Crippen LogP contribution in [0.4, 0.5) is 5.69 Å². The Morgan fingerprint density at radius 1 is 1.29 bits per heavy atom. The van der Waals surface area contributed by atoms with Gasteiger partial charge in [0.05, 0.1) is 10.6 Å². The van der Waals surface area contributed by atoms with Crippen molar-refractivity contribution in [2.45, 2.75) is 0 Å². The number of hydrogen-bond acceptors (Lipinski definition) is 3. The number of carbonyl (C=O) groups excluding carboxylic acids is 1. The molecule has 2 rings (SSSR count). The Kier molecular flexibility index (Phi) is 4.82. The average molecular weight is 369 g/mol. The molecular weight excluding hydrogens is 358 g/mol. The van der Waals surface area contributed by atoms with Crippen LogP contribution < -0.4 is 11.1 Å². The molecule has 0 aliphatic carbocycles. The van der Waals surface area contributed by atoms with Crippen molar-refractivity contribution in [2.75, 3.05) is 5.32 Å². The molecule has 2 aromatic rings. The van der Waals surface area contributed by atoms with Crippen molar-refractivity contribution < 1.29 is 10.0 Å². The number of nitrogens with one attached hydrogen (secondary N) is 1. The number of nitrogens with zero attached hydrogens (tertiary/aromatic N) is 1. The van der Waals surface area contributed by atoms with Crippen molar-refractivity contribution in [3.05, 3.63) is 63.1 Å². The lowest BCUT2D eigenvalue weighted by Gasteiger charge is -2.08. The first-order valence-electron chi connectivity index (χ1n) is 5.85. The topological polar surface area (TPSA) is 87.7 Å². The third-order valence-electron chi connectivity index (χ3n) is 2.70. The first kappa shape index (κ1) is 15.3. The van der Waals surface area contributed by atoms with Gasteiger partial charge in [-0.25, -0.2) is 0 Å².